The molecule has 3 heteroatoms. The van der Waals surface area contributed by atoms with Crippen LogP contribution in [0.4, 0.5) is 0 Å². The molecule has 0 saturated carbocycles. The van der Waals surface area contributed by atoms with E-state index in [1.165, 1.54) is 0 Å². The van der Waals surface area contributed by atoms with Crippen LogP contribution < -0.4 is 9.47 Å². The lowest BCUT2D eigenvalue weighted by atomic mass is 10.2. The minimum Gasteiger partial charge on any atom is -0.493 e. The minimum absolute atomic E-state index is 0.571. The molecule has 0 amide bonds. The fourth-order valence-corrected chi connectivity index (χ4v) is 1.61. The molecule has 0 N–H and O–H groups in total. The maximum absolute atomic E-state index is 8.77. The summed E-state index contributed by atoms with van der Waals surface area (Å²) in [6, 6.07) is 18.9. The molecule has 0 atom stereocenters. The predicted octanol–water partition coefficient (Wildman–Crippen LogP) is 3.41. The van der Waals surface area contributed by atoms with Gasteiger partial charge in [0.2, 0.25) is 0 Å². The SMILES string of the molecule is N#Cc1cccc(OCCCOc2ccccc2)c1. The summed E-state index contributed by atoms with van der Waals surface area (Å²) in [5, 5.41) is 8.77. The second-order valence-corrected chi connectivity index (χ2v) is 4.00. The second-order valence-electron chi connectivity index (χ2n) is 4.00. The highest BCUT2D eigenvalue weighted by Crippen LogP contribution is 2.13. The van der Waals surface area contributed by atoms with Crippen LogP contribution in [0.2, 0.25) is 0 Å². The molecule has 0 heterocycles. The van der Waals surface area contributed by atoms with E-state index < -0.39 is 0 Å². The van der Waals surface area contributed by atoms with E-state index in [9.17, 15) is 0 Å². The third-order valence-corrected chi connectivity index (χ3v) is 2.53. The van der Waals surface area contributed by atoms with Crippen molar-refractivity contribution in [2.45, 2.75) is 6.42 Å². The molecule has 19 heavy (non-hydrogen) atoms. The van der Waals surface area contributed by atoms with Gasteiger partial charge in [-0.1, -0.05) is 24.3 Å². The van der Waals surface area contributed by atoms with Crippen molar-refractivity contribution in [3.05, 3.63) is 60.2 Å². The molecule has 3 nitrogen and oxygen atoms in total. The van der Waals surface area contributed by atoms with Crippen molar-refractivity contribution >= 4 is 0 Å². The molecular weight excluding hydrogens is 238 g/mol. The maximum Gasteiger partial charge on any atom is 0.120 e. The van der Waals surface area contributed by atoms with Crippen LogP contribution in [0, 0.1) is 11.3 Å². The Bertz CT molecular complexity index is 546. The summed E-state index contributed by atoms with van der Waals surface area (Å²) in [5.41, 5.74) is 0.609. The summed E-state index contributed by atoms with van der Waals surface area (Å²) in [6.07, 6.45) is 0.797. The molecule has 0 saturated heterocycles. The van der Waals surface area contributed by atoms with Crippen molar-refractivity contribution in [1.29, 1.82) is 5.26 Å². The summed E-state index contributed by atoms with van der Waals surface area (Å²) < 4.78 is 11.1. The van der Waals surface area contributed by atoms with E-state index in [1.54, 1.807) is 12.1 Å². The molecule has 2 rings (SSSR count). The Hall–Kier alpha value is -2.47. The van der Waals surface area contributed by atoms with E-state index in [-0.39, 0.29) is 0 Å². The van der Waals surface area contributed by atoms with Gasteiger partial charge in [-0.05, 0) is 30.3 Å². The van der Waals surface area contributed by atoms with Gasteiger partial charge in [-0.15, -0.1) is 0 Å². The molecule has 0 fully saturated rings. The summed E-state index contributed by atoms with van der Waals surface area (Å²) in [6.45, 7) is 1.18. The van der Waals surface area contributed by atoms with Gasteiger partial charge in [-0.25, -0.2) is 0 Å². The van der Waals surface area contributed by atoms with Crippen molar-refractivity contribution < 1.29 is 9.47 Å². The number of benzene rings is 2. The lowest BCUT2D eigenvalue weighted by Gasteiger charge is -2.08. The van der Waals surface area contributed by atoms with Crippen LogP contribution in [0.1, 0.15) is 12.0 Å². The number of ether oxygens (including phenoxy) is 2. The second kappa shape index (κ2) is 7.07. The third-order valence-electron chi connectivity index (χ3n) is 2.53. The van der Waals surface area contributed by atoms with E-state index in [2.05, 4.69) is 6.07 Å². The van der Waals surface area contributed by atoms with E-state index in [0.29, 0.717) is 18.8 Å². The molecule has 0 radical (unpaired) electrons. The fourth-order valence-electron chi connectivity index (χ4n) is 1.61. The highest BCUT2D eigenvalue weighted by Gasteiger charge is 1.97. The Morgan fingerprint density at radius 2 is 1.53 bits per heavy atom. The van der Waals surface area contributed by atoms with Gasteiger partial charge >= 0.3 is 0 Å². The van der Waals surface area contributed by atoms with Crippen LogP contribution in [-0.4, -0.2) is 13.2 Å². The molecule has 2 aromatic rings. The summed E-state index contributed by atoms with van der Waals surface area (Å²) in [4.78, 5) is 0. The molecule has 0 aliphatic carbocycles. The van der Waals surface area contributed by atoms with Crippen molar-refractivity contribution in [2.24, 2.45) is 0 Å². The average Bonchev–Trinajstić information content (AvgIpc) is 2.48. The number of nitrogens with zero attached hydrogens (tertiary/aromatic N) is 1. The quantitative estimate of drug-likeness (QED) is 0.741. The van der Waals surface area contributed by atoms with Crippen LogP contribution >= 0.6 is 0 Å². The predicted molar refractivity (Wildman–Crippen MR) is 73.2 cm³/mol. The third kappa shape index (κ3) is 4.36. The molecule has 0 spiro atoms. The molecule has 0 bridgehead atoms. The van der Waals surface area contributed by atoms with Gasteiger partial charge in [-0.2, -0.15) is 5.26 Å². The molecule has 0 aliphatic heterocycles. The molecule has 0 aromatic heterocycles. The molecule has 96 valence electrons. The smallest absolute Gasteiger partial charge is 0.120 e. The van der Waals surface area contributed by atoms with Gasteiger partial charge in [0.25, 0.3) is 0 Å². The van der Waals surface area contributed by atoms with Gasteiger partial charge in [0.05, 0.1) is 24.8 Å². The highest BCUT2D eigenvalue weighted by atomic mass is 16.5. The van der Waals surface area contributed by atoms with Crippen molar-refractivity contribution in [2.75, 3.05) is 13.2 Å². The lowest BCUT2D eigenvalue weighted by molar-refractivity contribution is 0.247. The van der Waals surface area contributed by atoms with E-state index in [0.717, 1.165) is 17.9 Å². The first kappa shape index (κ1) is 13.0. The Kier molecular flexibility index (Phi) is 4.83. The maximum atomic E-state index is 8.77. The van der Waals surface area contributed by atoms with Crippen LogP contribution in [0.3, 0.4) is 0 Å². The van der Waals surface area contributed by atoms with Crippen molar-refractivity contribution in [1.82, 2.24) is 0 Å². The van der Waals surface area contributed by atoms with Crippen molar-refractivity contribution in [3.63, 3.8) is 0 Å². The van der Waals surface area contributed by atoms with Gasteiger partial charge in [0.15, 0.2) is 0 Å². The van der Waals surface area contributed by atoms with Crippen LogP contribution in [0.25, 0.3) is 0 Å². The zero-order valence-electron chi connectivity index (χ0n) is 10.6. The first-order chi connectivity index (χ1) is 9.38. The Morgan fingerprint density at radius 3 is 2.26 bits per heavy atom. The highest BCUT2D eigenvalue weighted by molar-refractivity contribution is 5.36. The zero-order chi connectivity index (χ0) is 13.3. The van der Waals surface area contributed by atoms with Gasteiger partial charge in [-0.3, -0.25) is 0 Å². The van der Waals surface area contributed by atoms with Crippen LogP contribution in [0.5, 0.6) is 11.5 Å². The summed E-state index contributed by atoms with van der Waals surface area (Å²) in [7, 11) is 0. The van der Waals surface area contributed by atoms with Gasteiger partial charge < -0.3 is 9.47 Å². The number of para-hydroxylation sites is 1. The van der Waals surface area contributed by atoms with Crippen molar-refractivity contribution in [3.8, 4) is 17.6 Å². The van der Waals surface area contributed by atoms with E-state index in [4.69, 9.17) is 14.7 Å². The largest absolute Gasteiger partial charge is 0.493 e. The van der Waals surface area contributed by atoms with E-state index in [1.807, 2.05) is 42.5 Å². The minimum atomic E-state index is 0.571. The normalized spacial score (nSPS) is 9.63. The number of hydrogen-bond acceptors (Lipinski definition) is 3. The Labute approximate surface area is 113 Å². The molecule has 0 aliphatic rings. The molecular formula is C16H15NO2. The average molecular weight is 253 g/mol. The number of hydrogen-bond donors (Lipinski definition) is 0. The first-order valence-electron chi connectivity index (χ1n) is 6.19. The number of rotatable bonds is 6. The number of nitriles is 1. The molecule has 0 unspecified atom stereocenters. The Balaban J connectivity index is 1.68. The summed E-state index contributed by atoms with van der Waals surface area (Å²) >= 11 is 0. The topological polar surface area (TPSA) is 42.2 Å². The molecule has 2 aromatic carbocycles. The standard InChI is InChI=1S/C16H15NO2/c17-13-14-6-4-9-16(12-14)19-11-5-10-18-15-7-2-1-3-8-15/h1-4,6-9,12H,5,10-11H2. The fraction of sp³-hybridized carbons (Fsp3) is 0.188. The van der Waals surface area contributed by atoms with Crippen LogP contribution in [-0.2, 0) is 0 Å². The Morgan fingerprint density at radius 1 is 0.842 bits per heavy atom. The first-order valence-corrected chi connectivity index (χ1v) is 6.19. The summed E-state index contributed by atoms with van der Waals surface area (Å²) in [5.74, 6) is 1.59. The van der Waals surface area contributed by atoms with Gasteiger partial charge in [0.1, 0.15) is 11.5 Å². The zero-order valence-corrected chi connectivity index (χ0v) is 10.6. The monoisotopic (exact) mass is 253 g/mol. The lowest BCUT2D eigenvalue weighted by Crippen LogP contribution is -2.04. The van der Waals surface area contributed by atoms with E-state index >= 15 is 0 Å². The van der Waals surface area contributed by atoms with Gasteiger partial charge in [0, 0.05) is 6.42 Å². The van der Waals surface area contributed by atoms with Crippen LogP contribution in [0.15, 0.2) is 54.6 Å².